The highest BCUT2D eigenvalue weighted by Gasteiger charge is 2.08. The fourth-order valence-corrected chi connectivity index (χ4v) is 2.13. The zero-order valence-corrected chi connectivity index (χ0v) is 12.7. The van der Waals surface area contributed by atoms with Gasteiger partial charge in [0.25, 0.3) is 0 Å². The Balaban J connectivity index is 1.89. The molecule has 0 aliphatic heterocycles. The van der Waals surface area contributed by atoms with E-state index in [1.54, 1.807) is 0 Å². The first-order valence-corrected chi connectivity index (χ1v) is 7.26. The number of phenols is 2. The van der Waals surface area contributed by atoms with Crippen LogP contribution in [-0.2, 0) is 11.2 Å². The second kappa shape index (κ2) is 6.98. The normalized spacial score (nSPS) is 10.7. The summed E-state index contributed by atoms with van der Waals surface area (Å²) in [6, 6.07) is 11.9. The molecule has 2 rings (SSSR count). The van der Waals surface area contributed by atoms with Gasteiger partial charge in [-0.1, -0.05) is 38.1 Å². The fourth-order valence-electron chi connectivity index (χ4n) is 2.13. The van der Waals surface area contributed by atoms with Gasteiger partial charge in [0, 0.05) is 24.6 Å². The highest BCUT2D eigenvalue weighted by molar-refractivity contribution is 5.73. The van der Waals surface area contributed by atoms with Crippen molar-refractivity contribution in [3.8, 4) is 17.2 Å². The molecule has 2 aromatic rings. The number of hydrogen-bond donors (Lipinski definition) is 2. The number of ether oxygens (including phenoxy) is 1. The Labute approximate surface area is 130 Å². The highest BCUT2D eigenvalue weighted by atomic mass is 16.5. The first-order valence-electron chi connectivity index (χ1n) is 7.26. The number of aryl methyl sites for hydroxylation is 1. The van der Waals surface area contributed by atoms with E-state index in [-0.39, 0.29) is 23.7 Å². The number of phenolic OH excluding ortho intramolecular Hbond substituents is 2. The molecule has 116 valence electrons. The molecule has 4 heteroatoms. The van der Waals surface area contributed by atoms with Gasteiger partial charge in [0.1, 0.15) is 17.2 Å². The Morgan fingerprint density at radius 1 is 1.05 bits per heavy atom. The van der Waals surface area contributed by atoms with Crippen molar-refractivity contribution >= 4 is 5.97 Å². The Morgan fingerprint density at radius 3 is 2.18 bits per heavy atom. The summed E-state index contributed by atoms with van der Waals surface area (Å²) in [5.74, 6) is -0.0767. The lowest BCUT2D eigenvalue weighted by Crippen LogP contribution is -2.09. The second-order valence-electron chi connectivity index (χ2n) is 5.56. The van der Waals surface area contributed by atoms with E-state index in [0.717, 1.165) is 5.56 Å². The van der Waals surface area contributed by atoms with Crippen LogP contribution in [0.1, 0.15) is 37.3 Å². The highest BCUT2D eigenvalue weighted by Crippen LogP contribution is 2.26. The molecule has 0 bridgehead atoms. The number of carbonyl (C=O) groups is 1. The van der Waals surface area contributed by atoms with Crippen LogP contribution in [0.5, 0.6) is 17.2 Å². The smallest absolute Gasteiger partial charge is 0.311 e. The van der Waals surface area contributed by atoms with Crippen LogP contribution >= 0.6 is 0 Å². The van der Waals surface area contributed by atoms with Gasteiger partial charge in [-0.2, -0.15) is 0 Å². The van der Waals surface area contributed by atoms with Gasteiger partial charge in [0.05, 0.1) is 0 Å². The van der Waals surface area contributed by atoms with E-state index in [9.17, 15) is 15.0 Å². The van der Waals surface area contributed by atoms with E-state index >= 15 is 0 Å². The molecular formula is C18H20O4. The molecule has 0 radical (unpaired) electrons. The van der Waals surface area contributed by atoms with Crippen molar-refractivity contribution in [1.29, 1.82) is 0 Å². The van der Waals surface area contributed by atoms with Crippen molar-refractivity contribution < 1.29 is 19.7 Å². The third kappa shape index (κ3) is 4.52. The van der Waals surface area contributed by atoms with Gasteiger partial charge in [-0.25, -0.2) is 0 Å². The van der Waals surface area contributed by atoms with Gasteiger partial charge in [-0.3, -0.25) is 4.79 Å². The number of carbonyl (C=O) groups excluding carboxylic acids is 1. The summed E-state index contributed by atoms with van der Waals surface area (Å²) in [4.78, 5) is 11.8. The van der Waals surface area contributed by atoms with E-state index in [1.165, 1.54) is 23.8 Å². The minimum atomic E-state index is -0.405. The van der Waals surface area contributed by atoms with E-state index in [2.05, 4.69) is 26.0 Å². The van der Waals surface area contributed by atoms with Crippen molar-refractivity contribution in [3.63, 3.8) is 0 Å². The predicted octanol–water partition coefficient (Wildman–Crippen LogP) is 3.76. The molecule has 0 heterocycles. The van der Waals surface area contributed by atoms with Crippen LogP contribution in [0.25, 0.3) is 0 Å². The molecule has 2 aromatic carbocycles. The molecule has 0 atom stereocenters. The fraction of sp³-hybridized carbons (Fsp3) is 0.278. The lowest BCUT2D eigenvalue weighted by molar-refractivity contribution is -0.134. The standard InChI is InChI=1S/C18H20O4/c1-12(2)14-6-3-13(4-7-14)5-8-18(21)22-17-10-15(19)9-16(20)11-17/h3-4,6-7,9-12,19-20H,5,8H2,1-2H3. The van der Waals surface area contributed by atoms with Gasteiger partial charge in [0.15, 0.2) is 0 Å². The van der Waals surface area contributed by atoms with Crippen LogP contribution in [0.3, 0.4) is 0 Å². The van der Waals surface area contributed by atoms with Gasteiger partial charge in [0.2, 0.25) is 0 Å². The first kappa shape index (κ1) is 15.9. The molecule has 0 aliphatic carbocycles. The number of esters is 1. The lowest BCUT2D eigenvalue weighted by atomic mass is 10.0. The maximum absolute atomic E-state index is 11.8. The molecule has 0 saturated carbocycles. The molecule has 2 N–H and O–H groups in total. The van der Waals surface area contributed by atoms with Crippen LogP contribution in [0.2, 0.25) is 0 Å². The third-order valence-corrected chi connectivity index (χ3v) is 3.37. The summed E-state index contributed by atoms with van der Waals surface area (Å²) >= 11 is 0. The van der Waals surface area contributed by atoms with Crippen molar-refractivity contribution in [2.75, 3.05) is 0 Å². The number of benzene rings is 2. The maximum Gasteiger partial charge on any atom is 0.311 e. The Hall–Kier alpha value is -2.49. The Morgan fingerprint density at radius 2 is 1.64 bits per heavy atom. The minimum absolute atomic E-state index is 0.137. The third-order valence-electron chi connectivity index (χ3n) is 3.37. The Kier molecular flexibility index (Phi) is 5.04. The van der Waals surface area contributed by atoms with Crippen molar-refractivity contribution in [2.24, 2.45) is 0 Å². The number of aromatic hydroxyl groups is 2. The number of hydrogen-bond acceptors (Lipinski definition) is 4. The molecule has 22 heavy (non-hydrogen) atoms. The molecule has 0 spiro atoms. The van der Waals surface area contributed by atoms with Crippen LogP contribution in [-0.4, -0.2) is 16.2 Å². The summed E-state index contributed by atoms with van der Waals surface area (Å²) < 4.78 is 5.10. The zero-order valence-electron chi connectivity index (χ0n) is 12.7. The van der Waals surface area contributed by atoms with Crippen LogP contribution < -0.4 is 4.74 Å². The topological polar surface area (TPSA) is 66.8 Å². The van der Waals surface area contributed by atoms with Crippen LogP contribution in [0.4, 0.5) is 0 Å². The monoisotopic (exact) mass is 300 g/mol. The molecule has 0 fully saturated rings. The van der Waals surface area contributed by atoms with E-state index in [1.807, 2.05) is 12.1 Å². The summed E-state index contributed by atoms with van der Waals surface area (Å²) in [6.45, 7) is 4.27. The van der Waals surface area contributed by atoms with Crippen molar-refractivity contribution in [1.82, 2.24) is 0 Å². The Bertz CT molecular complexity index is 624. The maximum atomic E-state index is 11.8. The van der Waals surface area contributed by atoms with Gasteiger partial charge in [-0.15, -0.1) is 0 Å². The molecule has 0 unspecified atom stereocenters. The minimum Gasteiger partial charge on any atom is -0.508 e. The van der Waals surface area contributed by atoms with Gasteiger partial charge >= 0.3 is 5.97 Å². The van der Waals surface area contributed by atoms with Gasteiger partial charge < -0.3 is 14.9 Å². The number of rotatable bonds is 5. The van der Waals surface area contributed by atoms with Gasteiger partial charge in [-0.05, 0) is 23.5 Å². The van der Waals surface area contributed by atoms with Crippen molar-refractivity contribution in [3.05, 3.63) is 53.6 Å². The summed E-state index contributed by atoms with van der Waals surface area (Å²) in [6.07, 6.45) is 0.819. The average Bonchev–Trinajstić information content (AvgIpc) is 2.44. The summed E-state index contributed by atoms with van der Waals surface area (Å²) in [5, 5.41) is 18.7. The first-order chi connectivity index (χ1) is 10.4. The molecule has 4 nitrogen and oxygen atoms in total. The van der Waals surface area contributed by atoms with Crippen molar-refractivity contribution in [2.45, 2.75) is 32.6 Å². The predicted molar refractivity (Wildman–Crippen MR) is 84.3 cm³/mol. The largest absolute Gasteiger partial charge is 0.508 e. The van der Waals surface area contributed by atoms with Crippen LogP contribution in [0, 0.1) is 0 Å². The molecule has 0 aromatic heterocycles. The van der Waals surface area contributed by atoms with E-state index in [4.69, 9.17) is 4.74 Å². The van der Waals surface area contributed by atoms with Crippen LogP contribution in [0.15, 0.2) is 42.5 Å². The quantitative estimate of drug-likeness (QED) is 0.652. The molecule has 0 saturated heterocycles. The van der Waals surface area contributed by atoms with E-state index in [0.29, 0.717) is 12.3 Å². The SMILES string of the molecule is CC(C)c1ccc(CCC(=O)Oc2cc(O)cc(O)c2)cc1. The van der Waals surface area contributed by atoms with E-state index < -0.39 is 5.97 Å². The molecular weight excluding hydrogens is 280 g/mol. The molecule has 0 amide bonds. The zero-order chi connectivity index (χ0) is 16.1. The second-order valence-corrected chi connectivity index (χ2v) is 5.56. The lowest BCUT2D eigenvalue weighted by Gasteiger charge is -2.08. The summed E-state index contributed by atoms with van der Waals surface area (Å²) in [7, 11) is 0. The summed E-state index contributed by atoms with van der Waals surface area (Å²) in [5.41, 5.74) is 2.33. The average molecular weight is 300 g/mol. The molecule has 0 aliphatic rings.